The Morgan fingerprint density at radius 1 is 1.37 bits per heavy atom. The third kappa shape index (κ3) is 3.14. The Kier molecular flexibility index (Phi) is 3.61. The van der Waals surface area contributed by atoms with Gasteiger partial charge >= 0.3 is 0 Å². The van der Waals surface area contributed by atoms with Crippen molar-refractivity contribution in [2.75, 3.05) is 25.1 Å². The summed E-state index contributed by atoms with van der Waals surface area (Å²) in [5, 5.41) is 20.8. The van der Waals surface area contributed by atoms with E-state index in [2.05, 4.69) is 0 Å². The molecule has 6 heteroatoms. The number of nitro groups is 1. The molecule has 0 bridgehead atoms. The highest BCUT2D eigenvalue weighted by Crippen LogP contribution is 2.31. The van der Waals surface area contributed by atoms with Gasteiger partial charge in [0.15, 0.2) is 0 Å². The number of rotatable bonds is 3. The summed E-state index contributed by atoms with van der Waals surface area (Å²) in [7, 11) is 1.49. The summed E-state index contributed by atoms with van der Waals surface area (Å²) in [6.45, 7) is 3.17. The molecule has 0 aliphatic carbocycles. The zero-order chi connectivity index (χ0) is 14.0. The number of anilines is 1. The summed E-state index contributed by atoms with van der Waals surface area (Å²) in [5.41, 5.74) is 0.148. The normalized spacial score (nSPS) is 18.2. The van der Waals surface area contributed by atoms with Crippen LogP contribution in [0.5, 0.6) is 5.75 Å². The largest absolute Gasteiger partial charge is 0.496 e. The van der Waals surface area contributed by atoms with Crippen molar-refractivity contribution in [3.05, 3.63) is 28.3 Å². The zero-order valence-electron chi connectivity index (χ0n) is 11.1. The van der Waals surface area contributed by atoms with Crippen LogP contribution in [0.2, 0.25) is 0 Å². The number of ether oxygens (including phenoxy) is 1. The number of non-ortho nitro benzene ring substituents is 1. The lowest BCUT2D eigenvalue weighted by Crippen LogP contribution is -2.42. The molecule has 104 valence electrons. The van der Waals surface area contributed by atoms with Crippen molar-refractivity contribution in [3.8, 4) is 5.75 Å². The molecule has 1 aromatic carbocycles. The quantitative estimate of drug-likeness (QED) is 0.668. The van der Waals surface area contributed by atoms with Crippen LogP contribution in [-0.2, 0) is 0 Å². The maximum absolute atomic E-state index is 10.9. The van der Waals surface area contributed by atoms with E-state index in [9.17, 15) is 15.2 Å². The summed E-state index contributed by atoms with van der Waals surface area (Å²) in [5.74, 6) is 0.474. The standard InChI is InChI=1S/C13H18N2O4/c1-13(16)3-5-14(6-4-13)10-7-11(15(17)18)9-12(8-10)19-2/h7-9,16H,3-6H2,1-2H3. The molecule has 1 heterocycles. The number of hydrogen-bond acceptors (Lipinski definition) is 5. The van der Waals surface area contributed by atoms with E-state index in [0.29, 0.717) is 31.7 Å². The Bertz CT molecular complexity index is 478. The first-order valence-corrected chi connectivity index (χ1v) is 6.22. The first-order chi connectivity index (χ1) is 8.91. The van der Waals surface area contributed by atoms with Gasteiger partial charge in [-0.15, -0.1) is 0 Å². The zero-order valence-corrected chi connectivity index (χ0v) is 11.1. The van der Waals surface area contributed by atoms with Crippen LogP contribution in [0.4, 0.5) is 11.4 Å². The van der Waals surface area contributed by atoms with Gasteiger partial charge in [-0.1, -0.05) is 0 Å². The van der Waals surface area contributed by atoms with Crippen molar-refractivity contribution in [1.29, 1.82) is 0 Å². The predicted octanol–water partition coefficient (Wildman–Crippen LogP) is 1.95. The van der Waals surface area contributed by atoms with Crippen molar-refractivity contribution >= 4 is 11.4 Å². The van der Waals surface area contributed by atoms with Crippen molar-refractivity contribution in [2.45, 2.75) is 25.4 Å². The van der Waals surface area contributed by atoms with Crippen LogP contribution < -0.4 is 9.64 Å². The summed E-state index contributed by atoms with van der Waals surface area (Å²) in [4.78, 5) is 12.5. The second-order valence-corrected chi connectivity index (χ2v) is 5.13. The van der Waals surface area contributed by atoms with E-state index in [1.165, 1.54) is 13.2 Å². The number of piperidine rings is 1. The second-order valence-electron chi connectivity index (χ2n) is 5.13. The molecule has 1 fully saturated rings. The molecule has 0 saturated carbocycles. The lowest BCUT2D eigenvalue weighted by molar-refractivity contribution is -0.384. The minimum absolute atomic E-state index is 0.0201. The first-order valence-electron chi connectivity index (χ1n) is 6.22. The molecular weight excluding hydrogens is 248 g/mol. The van der Waals surface area contributed by atoms with Crippen molar-refractivity contribution in [2.24, 2.45) is 0 Å². The minimum Gasteiger partial charge on any atom is -0.496 e. The third-order valence-electron chi connectivity index (χ3n) is 3.53. The van der Waals surface area contributed by atoms with E-state index < -0.39 is 10.5 Å². The fourth-order valence-corrected chi connectivity index (χ4v) is 2.22. The third-order valence-corrected chi connectivity index (χ3v) is 3.53. The number of benzene rings is 1. The predicted molar refractivity (Wildman–Crippen MR) is 71.7 cm³/mol. The van der Waals surface area contributed by atoms with Gasteiger partial charge in [-0.2, -0.15) is 0 Å². The van der Waals surface area contributed by atoms with Gasteiger partial charge in [0.2, 0.25) is 0 Å². The number of nitrogens with zero attached hydrogens (tertiary/aromatic N) is 2. The number of methoxy groups -OCH3 is 1. The molecule has 0 atom stereocenters. The Hall–Kier alpha value is -1.82. The molecule has 1 N–H and O–H groups in total. The molecule has 19 heavy (non-hydrogen) atoms. The first kappa shape index (κ1) is 13.6. The molecule has 1 aliphatic rings. The molecule has 0 amide bonds. The molecule has 0 unspecified atom stereocenters. The van der Waals surface area contributed by atoms with Gasteiger partial charge in [-0.05, 0) is 19.8 Å². The van der Waals surface area contributed by atoms with E-state index in [0.717, 1.165) is 5.69 Å². The van der Waals surface area contributed by atoms with Gasteiger partial charge in [0, 0.05) is 30.9 Å². The Labute approximate surface area is 111 Å². The molecule has 1 saturated heterocycles. The summed E-state index contributed by atoms with van der Waals surface area (Å²) < 4.78 is 5.10. The van der Waals surface area contributed by atoms with Gasteiger partial charge < -0.3 is 14.7 Å². The summed E-state index contributed by atoms with van der Waals surface area (Å²) in [6.07, 6.45) is 1.30. The molecule has 2 rings (SSSR count). The smallest absolute Gasteiger partial charge is 0.275 e. The van der Waals surface area contributed by atoms with E-state index in [1.807, 2.05) is 11.8 Å². The fourth-order valence-electron chi connectivity index (χ4n) is 2.22. The van der Waals surface area contributed by atoms with Crippen LogP contribution >= 0.6 is 0 Å². The van der Waals surface area contributed by atoms with Crippen molar-refractivity contribution < 1.29 is 14.8 Å². The van der Waals surface area contributed by atoms with E-state index in [4.69, 9.17) is 4.74 Å². The van der Waals surface area contributed by atoms with Crippen LogP contribution in [0.15, 0.2) is 18.2 Å². The van der Waals surface area contributed by atoms with Crippen LogP contribution in [0.1, 0.15) is 19.8 Å². The van der Waals surface area contributed by atoms with Crippen molar-refractivity contribution in [1.82, 2.24) is 0 Å². The SMILES string of the molecule is COc1cc(N2CCC(C)(O)CC2)cc([N+](=O)[O-])c1. The second kappa shape index (κ2) is 5.05. The fraction of sp³-hybridized carbons (Fsp3) is 0.538. The highest BCUT2D eigenvalue weighted by Gasteiger charge is 2.28. The summed E-state index contributed by atoms with van der Waals surface area (Å²) in [6, 6.07) is 4.74. The van der Waals surface area contributed by atoms with Gasteiger partial charge in [-0.3, -0.25) is 10.1 Å². The maximum Gasteiger partial charge on any atom is 0.275 e. The van der Waals surface area contributed by atoms with Crippen LogP contribution in [0, 0.1) is 10.1 Å². The highest BCUT2D eigenvalue weighted by atomic mass is 16.6. The van der Waals surface area contributed by atoms with Crippen LogP contribution in [-0.4, -0.2) is 35.8 Å². The van der Waals surface area contributed by atoms with Gasteiger partial charge in [0.05, 0.1) is 23.7 Å². The molecule has 6 nitrogen and oxygen atoms in total. The lowest BCUT2D eigenvalue weighted by Gasteiger charge is -2.37. The topological polar surface area (TPSA) is 75.8 Å². The average Bonchev–Trinajstić information content (AvgIpc) is 2.38. The molecule has 0 radical (unpaired) electrons. The Balaban J connectivity index is 2.24. The van der Waals surface area contributed by atoms with E-state index >= 15 is 0 Å². The minimum atomic E-state index is -0.638. The van der Waals surface area contributed by atoms with Gasteiger partial charge in [-0.25, -0.2) is 0 Å². The Morgan fingerprint density at radius 3 is 2.53 bits per heavy atom. The van der Waals surface area contributed by atoms with E-state index in [1.54, 1.807) is 12.1 Å². The van der Waals surface area contributed by atoms with Crippen LogP contribution in [0.3, 0.4) is 0 Å². The van der Waals surface area contributed by atoms with Crippen LogP contribution in [0.25, 0.3) is 0 Å². The van der Waals surface area contributed by atoms with Gasteiger partial charge in [0.25, 0.3) is 5.69 Å². The molecule has 1 aromatic rings. The van der Waals surface area contributed by atoms with E-state index in [-0.39, 0.29) is 5.69 Å². The highest BCUT2D eigenvalue weighted by molar-refractivity contribution is 5.58. The monoisotopic (exact) mass is 266 g/mol. The number of nitro benzene ring substituents is 1. The number of hydrogen-bond donors (Lipinski definition) is 1. The van der Waals surface area contributed by atoms with Crippen molar-refractivity contribution in [3.63, 3.8) is 0 Å². The van der Waals surface area contributed by atoms with Gasteiger partial charge in [0.1, 0.15) is 5.75 Å². The maximum atomic E-state index is 10.9. The molecular formula is C13H18N2O4. The molecule has 1 aliphatic heterocycles. The Morgan fingerprint density at radius 2 is 2.00 bits per heavy atom. The molecule has 0 aromatic heterocycles. The lowest BCUT2D eigenvalue weighted by atomic mass is 9.93. The average molecular weight is 266 g/mol. The number of aliphatic hydroxyl groups is 1. The molecule has 0 spiro atoms. The summed E-state index contributed by atoms with van der Waals surface area (Å²) >= 11 is 0.